The molecule has 0 saturated carbocycles. The molecule has 29 heavy (non-hydrogen) atoms. The van der Waals surface area contributed by atoms with Crippen molar-refractivity contribution in [1.29, 1.82) is 0 Å². The Morgan fingerprint density at radius 2 is 2.24 bits per heavy atom. The third kappa shape index (κ3) is 5.88. The highest BCUT2D eigenvalue weighted by atomic mass is 35.5. The molecule has 156 valence electrons. The van der Waals surface area contributed by atoms with E-state index in [4.69, 9.17) is 33.3 Å². The Morgan fingerprint density at radius 3 is 2.97 bits per heavy atom. The second-order valence-electron chi connectivity index (χ2n) is 6.79. The van der Waals surface area contributed by atoms with Crippen LogP contribution in [0.25, 0.3) is 0 Å². The van der Waals surface area contributed by atoms with E-state index < -0.39 is 17.9 Å². The SMILES string of the molecule is O=C(C[C@@H]1C(=O)NCCN1C(=S)NC(=O)c1cccc(Cl)c1)OC[C@H]1CCCO1. The lowest BCUT2D eigenvalue weighted by atomic mass is 10.1. The number of esters is 1. The molecule has 0 unspecified atom stereocenters. The van der Waals surface area contributed by atoms with Gasteiger partial charge in [0.2, 0.25) is 5.91 Å². The molecule has 2 fully saturated rings. The first kappa shape index (κ1) is 21.5. The number of halogens is 1. The van der Waals surface area contributed by atoms with Crippen molar-refractivity contribution in [3.8, 4) is 0 Å². The lowest BCUT2D eigenvalue weighted by Crippen LogP contribution is -2.60. The maximum Gasteiger partial charge on any atom is 0.308 e. The van der Waals surface area contributed by atoms with Crippen LogP contribution in [0.4, 0.5) is 0 Å². The summed E-state index contributed by atoms with van der Waals surface area (Å²) >= 11 is 11.2. The highest BCUT2D eigenvalue weighted by Crippen LogP contribution is 2.15. The van der Waals surface area contributed by atoms with Crippen LogP contribution in [-0.4, -0.2) is 66.2 Å². The lowest BCUT2D eigenvalue weighted by molar-refractivity contribution is -0.150. The van der Waals surface area contributed by atoms with Crippen molar-refractivity contribution in [3.63, 3.8) is 0 Å². The number of hydrogen-bond acceptors (Lipinski definition) is 6. The third-order valence-electron chi connectivity index (χ3n) is 4.71. The van der Waals surface area contributed by atoms with Crippen LogP contribution >= 0.6 is 23.8 Å². The molecule has 1 aromatic carbocycles. The normalized spacial score (nSPS) is 21.4. The van der Waals surface area contributed by atoms with Gasteiger partial charge in [0.1, 0.15) is 12.6 Å². The Hall–Kier alpha value is -2.23. The summed E-state index contributed by atoms with van der Waals surface area (Å²) in [6, 6.07) is 5.58. The van der Waals surface area contributed by atoms with Crippen molar-refractivity contribution >= 4 is 46.7 Å². The van der Waals surface area contributed by atoms with Gasteiger partial charge in [0.15, 0.2) is 5.11 Å². The van der Waals surface area contributed by atoms with Gasteiger partial charge in [-0.1, -0.05) is 17.7 Å². The van der Waals surface area contributed by atoms with E-state index in [1.807, 2.05) is 0 Å². The van der Waals surface area contributed by atoms with E-state index in [2.05, 4.69) is 10.6 Å². The molecule has 2 aliphatic heterocycles. The van der Waals surface area contributed by atoms with Crippen molar-refractivity contribution in [2.75, 3.05) is 26.3 Å². The van der Waals surface area contributed by atoms with Crippen LogP contribution in [0.15, 0.2) is 24.3 Å². The number of amides is 2. The van der Waals surface area contributed by atoms with E-state index in [9.17, 15) is 14.4 Å². The number of thiocarbonyl (C=S) groups is 1. The van der Waals surface area contributed by atoms with E-state index in [0.29, 0.717) is 30.3 Å². The van der Waals surface area contributed by atoms with Gasteiger partial charge in [-0.2, -0.15) is 0 Å². The summed E-state index contributed by atoms with van der Waals surface area (Å²) in [5.41, 5.74) is 0.342. The minimum atomic E-state index is -0.854. The molecule has 2 atom stereocenters. The molecule has 0 aliphatic carbocycles. The average Bonchev–Trinajstić information content (AvgIpc) is 3.21. The van der Waals surface area contributed by atoms with Crippen LogP contribution in [0, 0.1) is 0 Å². The second kappa shape index (κ2) is 10.00. The van der Waals surface area contributed by atoms with Crippen molar-refractivity contribution in [2.45, 2.75) is 31.4 Å². The molecule has 0 aromatic heterocycles. The fourth-order valence-electron chi connectivity index (χ4n) is 3.21. The van der Waals surface area contributed by atoms with Crippen LogP contribution in [-0.2, 0) is 19.1 Å². The van der Waals surface area contributed by atoms with Crippen LogP contribution in [0.3, 0.4) is 0 Å². The molecule has 2 heterocycles. The number of carbonyl (C=O) groups excluding carboxylic acids is 3. The van der Waals surface area contributed by atoms with Gasteiger partial charge < -0.3 is 19.7 Å². The topological polar surface area (TPSA) is 97.0 Å². The molecule has 1 aromatic rings. The minimum absolute atomic E-state index is 0.0711. The lowest BCUT2D eigenvalue weighted by Gasteiger charge is -2.36. The molecular weight excluding hydrogens is 418 g/mol. The highest BCUT2D eigenvalue weighted by molar-refractivity contribution is 7.80. The summed E-state index contributed by atoms with van der Waals surface area (Å²) in [6.45, 7) is 1.56. The van der Waals surface area contributed by atoms with Gasteiger partial charge >= 0.3 is 5.97 Å². The first-order chi connectivity index (χ1) is 13.9. The predicted octanol–water partition coefficient (Wildman–Crippen LogP) is 1.27. The van der Waals surface area contributed by atoms with Crippen LogP contribution in [0.5, 0.6) is 0 Å². The highest BCUT2D eigenvalue weighted by Gasteiger charge is 2.34. The molecule has 0 radical (unpaired) electrons. The van der Waals surface area contributed by atoms with Gasteiger partial charge in [0.25, 0.3) is 5.91 Å². The Balaban J connectivity index is 1.59. The van der Waals surface area contributed by atoms with Gasteiger partial charge in [0.05, 0.1) is 12.5 Å². The van der Waals surface area contributed by atoms with Gasteiger partial charge in [-0.15, -0.1) is 0 Å². The first-order valence-corrected chi connectivity index (χ1v) is 10.1. The number of ether oxygens (including phenoxy) is 2. The molecule has 2 amide bonds. The summed E-state index contributed by atoms with van der Waals surface area (Å²) in [6.07, 6.45) is 1.53. The predicted molar refractivity (Wildman–Crippen MR) is 110 cm³/mol. The summed E-state index contributed by atoms with van der Waals surface area (Å²) in [5.74, 6) is -1.30. The first-order valence-electron chi connectivity index (χ1n) is 9.36. The maximum atomic E-state index is 12.4. The molecule has 3 rings (SSSR count). The van der Waals surface area contributed by atoms with Crippen LogP contribution in [0.2, 0.25) is 5.02 Å². The fraction of sp³-hybridized carbons (Fsp3) is 0.474. The van der Waals surface area contributed by atoms with E-state index in [1.165, 1.54) is 11.0 Å². The number of hydrogen-bond donors (Lipinski definition) is 2. The number of rotatable bonds is 5. The summed E-state index contributed by atoms with van der Waals surface area (Å²) < 4.78 is 10.7. The van der Waals surface area contributed by atoms with E-state index in [0.717, 1.165) is 12.8 Å². The van der Waals surface area contributed by atoms with Crippen molar-refractivity contribution in [2.24, 2.45) is 0 Å². The zero-order valence-corrected chi connectivity index (χ0v) is 17.3. The van der Waals surface area contributed by atoms with Gasteiger partial charge in [-0.05, 0) is 43.3 Å². The largest absolute Gasteiger partial charge is 0.463 e. The summed E-state index contributed by atoms with van der Waals surface area (Å²) in [5, 5.41) is 5.81. The van der Waals surface area contributed by atoms with Crippen molar-refractivity contribution in [1.82, 2.24) is 15.5 Å². The van der Waals surface area contributed by atoms with Gasteiger partial charge in [0, 0.05) is 30.3 Å². The molecule has 10 heteroatoms. The Labute approximate surface area is 178 Å². The summed E-state index contributed by atoms with van der Waals surface area (Å²) in [7, 11) is 0. The van der Waals surface area contributed by atoms with E-state index >= 15 is 0 Å². The average molecular weight is 440 g/mol. The molecule has 2 aliphatic rings. The maximum absolute atomic E-state index is 12.4. The molecular formula is C19H22ClN3O5S. The smallest absolute Gasteiger partial charge is 0.308 e. The van der Waals surface area contributed by atoms with Gasteiger partial charge in [-0.3, -0.25) is 19.7 Å². The summed E-state index contributed by atoms with van der Waals surface area (Å²) in [4.78, 5) is 38.5. The Kier molecular flexibility index (Phi) is 7.40. The molecule has 2 saturated heterocycles. The zero-order chi connectivity index (χ0) is 20.8. The van der Waals surface area contributed by atoms with Gasteiger partial charge in [-0.25, -0.2) is 0 Å². The Morgan fingerprint density at radius 1 is 1.41 bits per heavy atom. The van der Waals surface area contributed by atoms with E-state index in [-0.39, 0.29) is 30.2 Å². The minimum Gasteiger partial charge on any atom is -0.463 e. The zero-order valence-electron chi connectivity index (χ0n) is 15.7. The molecule has 0 spiro atoms. The molecule has 2 N–H and O–H groups in total. The second-order valence-corrected chi connectivity index (χ2v) is 7.62. The monoisotopic (exact) mass is 439 g/mol. The quantitative estimate of drug-likeness (QED) is 0.526. The third-order valence-corrected chi connectivity index (χ3v) is 5.28. The molecule has 0 bridgehead atoms. The van der Waals surface area contributed by atoms with E-state index in [1.54, 1.807) is 18.2 Å². The van der Waals surface area contributed by atoms with Crippen LogP contribution < -0.4 is 10.6 Å². The molecule has 8 nitrogen and oxygen atoms in total. The van der Waals surface area contributed by atoms with Crippen molar-refractivity contribution < 1.29 is 23.9 Å². The van der Waals surface area contributed by atoms with Crippen LogP contribution in [0.1, 0.15) is 29.6 Å². The number of nitrogens with one attached hydrogen (secondary N) is 2. The number of carbonyl (C=O) groups is 3. The number of benzene rings is 1. The standard InChI is InChI=1S/C19H22ClN3O5S/c20-13-4-1-3-12(9-13)17(25)22-19(29)23-7-6-21-18(26)15(23)10-16(24)28-11-14-5-2-8-27-14/h1,3-4,9,14-15H,2,5-8,10-11H2,(H,21,26)(H,22,25,29)/t14-,15-/m1/s1. The number of nitrogens with zero attached hydrogens (tertiary/aromatic N) is 1. The fourth-order valence-corrected chi connectivity index (χ4v) is 3.71. The van der Waals surface area contributed by atoms with Crippen molar-refractivity contribution in [3.05, 3.63) is 34.9 Å². The Bertz CT molecular complexity index is 800. The number of piperazine rings is 1.